The Balaban J connectivity index is 2.34. The molecule has 98 valence electrons. The first-order valence-electron chi connectivity index (χ1n) is 5.29. The minimum atomic E-state index is 0.342. The van der Waals surface area contributed by atoms with Crippen LogP contribution in [-0.4, -0.2) is 4.99 Å². The molecule has 0 spiro atoms. The second-order valence-electron chi connectivity index (χ2n) is 3.78. The molecule has 0 saturated carbocycles. The van der Waals surface area contributed by atoms with Crippen LogP contribution in [0.25, 0.3) is 0 Å². The summed E-state index contributed by atoms with van der Waals surface area (Å²) in [5, 5.41) is 4.28. The Morgan fingerprint density at radius 1 is 1.16 bits per heavy atom. The van der Waals surface area contributed by atoms with Crippen LogP contribution in [0.2, 0.25) is 10.0 Å². The molecule has 2 aromatic carbocycles. The van der Waals surface area contributed by atoms with E-state index in [9.17, 15) is 0 Å². The number of anilines is 2. The largest absolute Gasteiger partial charge is 0.389 e. The van der Waals surface area contributed by atoms with Crippen molar-refractivity contribution >= 4 is 67.7 Å². The SMILES string of the molecule is NC(=S)c1ccc(Nc2c(Cl)cccc2Cl)cc1Br. The molecule has 0 atom stereocenters. The van der Waals surface area contributed by atoms with Crippen LogP contribution in [0.15, 0.2) is 40.9 Å². The molecule has 0 aliphatic heterocycles. The quantitative estimate of drug-likeness (QED) is 0.730. The molecule has 0 heterocycles. The lowest BCUT2D eigenvalue weighted by Crippen LogP contribution is -2.10. The molecule has 3 N–H and O–H groups in total. The summed E-state index contributed by atoms with van der Waals surface area (Å²) < 4.78 is 0.813. The first-order valence-corrected chi connectivity index (χ1v) is 7.25. The van der Waals surface area contributed by atoms with Crippen molar-refractivity contribution < 1.29 is 0 Å². The molecule has 0 fully saturated rings. The van der Waals surface area contributed by atoms with Crippen LogP contribution in [0.4, 0.5) is 11.4 Å². The average Bonchev–Trinajstić information content (AvgIpc) is 2.33. The van der Waals surface area contributed by atoms with Crippen LogP contribution >= 0.6 is 51.3 Å². The highest BCUT2D eigenvalue weighted by Gasteiger charge is 2.08. The Morgan fingerprint density at radius 3 is 2.32 bits per heavy atom. The third-order valence-electron chi connectivity index (χ3n) is 2.47. The zero-order chi connectivity index (χ0) is 14.0. The molecular weight excluding hydrogens is 367 g/mol. The molecule has 0 unspecified atom stereocenters. The number of benzene rings is 2. The maximum Gasteiger partial charge on any atom is 0.105 e. The normalized spacial score (nSPS) is 10.3. The highest BCUT2D eigenvalue weighted by molar-refractivity contribution is 9.10. The van der Waals surface area contributed by atoms with E-state index in [4.69, 9.17) is 41.2 Å². The van der Waals surface area contributed by atoms with E-state index in [2.05, 4.69) is 21.2 Å². The molecule has 6 heteroatoms. The monoisotopic (exact) mass is 374 g/mol. The Bertz CT molecular complexity index is 626. The number of thiocarbonyl (C=S) groups is 1. The van der Waals surface area contributed by atoms with Gasteiger partial charge in [-0.2, -0.15) is 0 Å². The van der Waals surface area contributed by atoms with Gasteiger partial charge in [0.05, 0.1) is 15.7 Å². The number of nitrogens with two attached hydrogens (primary N) is 1. The predicted molar refractivity (Wildman–Crippen MR) is 89.8 cm³/mol. The van der Waals surface area contributed by atoms with Crippen LogP contribution in [0.3, 0.4) is 0 Å². The van der Waals surface area contributed by atoms with Crippen molar-refractivity contribution in [3.05, 3.63) is 56.5 Å². The molecule has 19 heavy (non-hydrogen) atoms. The Kier molecular flexibility index (Phi) is 4.68. The van der Waals surface area contributed by atoms with E-state index in [1.165, 1.54) is 0 Å². The van der Waals surface area contributed by atoms with Gasteiger partial charge in [-0.15, -0.1) is 0 Å². The molecule has 2 aromatic rings. The Morgan fingerprint density at radius 2 is 1.79 bits per heavy atom. The fraction of sp³-hybridized carbons (Fsp3) is 0. The summed E-state index contributed by atoms with van der Waals surface area (Å²) in [6, 6.07) is 10.9. The predicted octanol–water partition coefficient (Wildman–Crippen LogP) is 5.13. The number of hydrogen-bond acceptors (Lipinski definition) is 2. The molecule has 0 bridgehead atoms. The second kappa shape index (κ2) is 6.09. The van der Waals surface area contributed by atoms with Crippen molar-refractivity contribution in [2.24, 2.45) is 5.73 Å². The van der Waals surface area contributed by atoms with E-state index in [1.807, 2.05) is 18.2 Å². The third-order valence-corrected chi connectivity index (χ3v) is 3.97. The number of hydrogen-bond donors (Lipinski definition) is 2. The van der Waals surface area contributed by atoms with E-state index in [-0.39, 0.29) is 0 Å². The van der Waals surface area contributed by atoms with Gasteiger partial charge in [-0.05, 0) is 46.3 Å². The maximum absolute atomic E-state index is 6.10. The van der Waals surface area contributed by atoms with Crippen molar-refractivity contribution in [3.8, 4) is 0 Å². The van der Waals surface area contributed by atoms with Crippen LogP contribution in [0.5, 0.6) is 0 Å². The lowest BCUT2D eigenvalue weighted by atomic mass is 10.2. The van der Waals surface area contributed by atoms with Crippen LogP contribution in [-0.2, 0) is 0 Å². The minimum Gasteiger partial charge on any atom is -0.389 e. The average molecular weight is 376 g/mol. The standard InChI is InChI=1S/C13H9BrCl2N2S/c14-9-6-7(4-5-8(9)13(17)19)18-12-10(15)2-1-3-11(12)16/h1-6,18H,(H2,17,19). The lowest BCUT2D eigenvalue weighted by Gasteiger charge is -2.12. The summed E-state index contributed by atoms with van der Waals surface area (Å²) in [5.74, 6) is 0. The van der Waals surface area contributed by atoms with E-state index < -0.39 is 0 Å². The summed E-state index contributed by atoms with van der Waals surface area (Å²) in [4.78, 5) is 0.342. The van der Waals surface area contributed by atoms with Crippen LogP contribution in [0, 0.1) is 0 Å². The molecule has 0 amide bonds. The molecule has 0 aliphatic carbocycles. The molecule has 0 saturated heterocycles. The number of para-hydroxylation sites is 1. The van der Waals surface area contributed by atoms with E-state index in [0.29, 0.717) is 20.7 Å². The van der Waals surface area contributed by atoms with Gasteiger partial charge < -0.3 is 11.1 Å². The molecular formula is C13H9BrCl2N2S. The van der Waals surface area contributed by atoms with Gasteiger partial charge in [0.1, 0.15) is 4.99 Å². The minimum absolute atomic E-state index is 0.342. The fourth-order valence-electron chi connectivity index (χ4n) is 1.55. The van der Waals surface area contributed by atoms with Gasteiger partial charge in [-0.3, -0.25) is 0 Å². The van der Waals surface area contributed by atoms with Crippen LogP contribution < -0.4 is 11.1 Å². The van der Waals surface area contributed by atoms with Gasteiger partial charge in [0.25, 0.3) is 0 Å². The van der Waals surface area contributed by atoms with E-state index in [1.54, 1.807) is 18.2 Å². The zero-order valence-corrected chi connectivity index (χ0v) is 13.5. The van der Waals surface area contributed by atoms with Crippen molar-refractivity contribution in [1.82, 2.24) is 0 Å². The van der Waals surface area contributed by atoms with Gasteiger partial charge in [0.15, 0.2) is 0 Å². The lowest BCUT2D eigenvalue weighted by molar-refractivity contribution is 1.51. The van der Waals surface area contributed by atoms with Gasteiger partial charge in [-0.1, -0.05) is 41.5 Å². The summed E-state index contributed by atoms with van der Waals surface area (Å²) in [7, 11) is 0. The second-order valence-corrected chi connectivity index (χ2v) is 5.89. The highest BCUT2D eigenvalue weighted by Crippen LogP contribution is 2.33. The molecule has 2 nitrogen and oxygen atoms in total. The van der Waals surface area contributed by atoms with Gasteiger partial charge in [0.2, 0.25) is 0 Å². The Labute approximate surface area is 135 Å². The fourth-order valence-corrected chi connectivity index (χ4v) is 2.95. The molecule has 0 aliphatic rings. The van der Waals surface area contributed by atoms with Crippen molar-refractivity contribution in [2.75, 3.05) is 5.32 Å². The first kappa shape index (κ1) is 14.6. The molecule has 2 rings (SSSR count). The summed E-state index contributed by atoms with van der Waals surface area (Å²) in [6.07, 6.45) is 0. The van der Waals surface area contributed by atoms with E-state index in [0.717, 1.165) is 15.7 Å². The van der Waals surface area contributed by atoms with Gasteiger partial charge in [0, 0.05) is 15.7 Å². The third kappa shape index (κ3) is 3.39. The number of rotatable bonds is 3. The van der Waals surface area contributed by atoms with Crippen LogP contribution in [0.1, 0.15) is 5.56 Å². The topological polar surface area (TPSA) is 38.0 Å². The maximum atomic E-state index is 6.10. The summed E-state index contributed by atoms with van der Waals surface area (Å²) >= 11 is 20.6. The number of nitrogens with one attached hydrogen (secondary N) is 1. The smallest absolute Gasteiger partial charge is 0.105 e. The van der Waals surface area contributed by atoms with Crippen molar-refractivity contribution in [3.63, 3.8) is 0 Å². The zero-order valence-electron chi connectivity index (χ0n) is 9.58. The van der Waals surface area contributed by atoms with E-state index >= 15 is 0 Å². The summed E-state index contributed by atoms with van der Waals surface area (Å²) in [5.41, 5.74) is 7.89. The van der Waals surface area contributed by atoms with Gasteiger partial charge >= 0.3 is 0 Å². The van der Waals surface area contributed by atoms with Crippen molar-refractivity contribution in [2.45, 2.75) is 0 Å². The molecule has 0 aromatic heterocycles. The number of halogens is 3. The summed E-state index contributed by atoms with van der Waals surface area (Å²) in [6.45, 7) is 0. The Hall–Kier alpha value is -0.810. The molecule has 0 radical (unpaired) electrons. The van der Waals surface area contributed by atoms with Crippen molar-refractivity contribution in [1.29, 1.82) is 0 Å². The highest BCUT2D eigenvalue weighted by atomic mass is 79.9. The first-order chi connectivity index (χ1) is 8.99. The van der Waals surface area contributed by atoms with Gasteiger partial charge in [-0.25, -0.2) is 0 Å².